The van der Waals surface area contributed by atoms with Gasteiger partial charge in [0.2, 0.25) is 0 Å². The first-order valence-corrected chi connectivity index (χ1v) is 11.0. The first-order chi connectivity index (χ1) is 15.8. The van der Waals surface area contributed by atoms with E-state index in [1.54, 1.807) is 0 Å². The molecule has 5 heteroatoms. The molecule has 170 valence electrons. The fourth-order valence-corrected chi connectivity index (χ4v) is 4.56. The predicted molar refractivity (Wildman–Crippen MR) is 123 cm³/mol. The molecule has 0 amide bonds. The molecule has 33 heavy (non-hydrogen) atoms. The summed E-state index contributed by atoms with van der Waals surface area (Å²) in [6.07, 6.45) is 3.03. The largest absolute Gasteiger partial charge is 0.573 e. The SMILES string of the molecule is C=CCC1CCC(c2ccc3c(C#Cc4ccc(OC(F)(F)F)cc4F)cccc3c2)CC1. The van der Waals surface area contributed by atoms with Crippen molar-refractivity contribution >= 4 is 10.8 Å². The highest BCUT2D eigenvalue weighted by atomic mass is 19.4. The van der Waals surface area contributed by atoms with Crippen molar-refractivity contribution in [3.8, 4) is 17.6 Å². The van der Waals surface area contributed by atoms with Crippen LogP contribution >= 0.6 is 0 Å². The Balaban J connectivity index is 1.54. The molecule has 1 aliphatic carbocycles. The molecule has 0 heterocycles. The monoisotopic (exact) mass is 452 g/mol. The van der Waals surface area contributed by atoms with Crippen LogP contribution in [0.15, 0.2) is 67.3 Å². The normalized spacial score (nSPS) is 18.4. The van der Waals surface area contributed by atoms with E-state index in [2.05, 4.69) is 41.4 Å². The fourth-order valence-electron chi connectivity index (χ4n) is 4.56. The van der Waals surface area contributed by atoms with Crippen molar-refractivity contribution in [2.45, 2.75) is 44.4 Å². The minimum absolute atomic E-state index is 0.00873. The standard InChI is InChI=1S/C28H24F4O/c1-2-4-19-7-9-20(10-8-19)23-14-16-26-21(5-3-6-24(26)17-23)11-12-22-13-15-25(18-27(22)29)33-28(30,31)32/h2-3,5-6,13-20H,1,4,7-10H2. The number of rotatable bonds is 4. The molecule has 0 unspecified atom stereocenters. The summed E-state index contributed by atoms with van der Waals surface area (Å²) < 4.78 is 54.9. The maximum Gasteiger partial charge on any atom is 0.573 e. The molecule has 0 radical (unpaired) electrons. The van der Waals surface area contributed by atoms with Gasteiger partial charge in [-0.25, -0.2) is 4.39 Å². The van der Waals surface area contributed by atoms with E-state index in [4.69, 9.17) is 0 Å². The third-order valence-electron chi connectivity index (χ3n) is 6.23. The number of benzene rings is 3. The predicted octanol–water partition coefficient (Wildman–Crippen LogP) is 8.13. The van der Waals surface area contributed by atoms with Crippen LogP contribution in [0.2, 0.25) is 0 Å². The molecular weight excluding hydrogens is 428 g/mol. The minimum atomic E-state index is -4.87. The van der Waals surface area contributed by atoms with Crippen LogP contribution in [0.25, 0.3) is 10.8 Å². The number of alkyl halides is 3. The van der Waals surface area contributed by atoms with E-state index in [0.717, 1.165) is 34.7 Å². The topological polar surface area (TPSA) is 9.23 Å². The van der Waals surface area contributed by atoms with Gasteiger partial charge < -0.3 is 4.74 Å². The molecule has 0 bridgehead atoms. The molecule has 3 aromatic carbocycles. The van der Waals surface area contributed by atoms with E-state index in [1.165, 1.54) is 37.3 Å². The van der Waals surface area contributed by atoms with Crippen LogP contribution in [0.4, 0.5) is 17.6 Å². The van der Waals surface area contributed by atoms with Crippen LogP contribution in [0.5, 0.6) is 5.75 Å². The highest BCUT2D eigenvalue weighted by Gasteiger charge is 2.31. The fraction of sp³-hybridized carbons (Fsp3) is 0.286. The smallest absolute Gasteiger partial charge is 0.406 e. The average molecular weight is 452 g/mol. The van der Waals surface area contributed by atoms with Crippen molar-refractivity contribution in [3.63, 3.8) is 0 Å². The summed E-state index contributed by atoms with van der Waals surface area (Å²) in [5.74, 6) is 5.53. The van der Waals surface area contributed by atoms with Crippen LogP contribution in [0, 0.1) is 23.6 Å². The Labute approximate surface area is 191 Å². The molecule has 0 saturated heterocycles. The van der Waals surface area contributed by atoms with Gasteiger partial charge in [0.05, 0.1) is 5.56 Å². The third-order valence-corrected chi connectivity index (χ3v) is 6.23. The molecular formula is C28H24F4O. The number of hydrogen-bond acceptors (Lipinski definition) is 1. The van der Waals surface area contributed by atoms with Crippen molar-refractivity contribution in [1.82, 2.24) is 0 Å². The average Bonchev–Trinajstić information content (AvgIpc) is 2.78. The molecule has 0 atom stereocenters. The lowest BCUT2D eigenvalue weighted by atomic mass is 9.77. The van der Waals surface area contributed by atoms with Gasteiger partial charge in [0.15, 0.2) is 0 Å². The van der Waals surface area contributed by atoms with E-state index in [9.17, 15) is 17.6 Å². The second kappa shape index (κ2) is 9.70. The van der Waals surface area contributed by atoms with E-state index < -0.39 is 17.9 Å². The van der Waals surface area contributed by atoms with Gasteiger partial charge in [0.25, 0.3) is 0 Å². The van der Waals surface area contributed by atoms with Crippen LogP contribution in [0.3, 0.4) is 0 Å². The Hall–Kier alpha value is -3.26. The van der Waals surface area contributed by atoms with Crippen molar-refractivity contribution in [2.75, 3.05) is 0 Å². The zero-order chi connectivity index (χ0) is 23.4. The highest BCUT2D eigenvalue weighted by molar-refractivity contribution is 5.89. The van der Waals surface area contributed by atoms with E-state index in [-0.39, 0.29) is 5.56 Å². The van der Waals surface area contributed by atoms with E-state index >= 15 is 0 Å². The van der Waals surface area contributed by atoms with Gasteiger partial charge >= 0.3 is 6.36 Å². The van der Waals surface area contributed by atoms with Crippen molar-refractivity contribution < 1.29 is 22.3 Å². The van der Waals surface area contributed by atoms with Crippen LogP contribution in [-0.4, -0.2) is 6.36 Å². The Morgan fingerprint density at radius 2 is 1.70 bits per heavy atom. The number of halogens is 4. The second-order valence-electron chi connectivity index (χ2n) is 8.47. The van der Waals surface area contributed by atoms with Gasteiger partial charge in [0.1, 0.15) is 11.6 Å². The molecule has 0 N–H and O–H groups in total. The Morgan fingerprint density at radius 1 is 0.939 bits per heavy atom. The molecule has 0 aromatic heterocycles. The zero-order valence-corrected chi connectivity index (χ0v) is 18.1. The third kappa shape index (κ3) is 5.76. The van der Waals surface area contributed by atoms with Gasteiger partial charge in [-0.15, -0.1) is 19.8 Å². The summed E-state index contributed by atoms with van der Waals surface area (Å²) in [6.45, 7) is 3.85. The Kier molecular flexibility index (Phi) is 6.74. The lowest BCUT2D eigenvalue weighted by Gasteiger charge is -2.28. The molecule has 0 aliphatic heterocycles. The molecule has 1 fully saturated rings. The lowest BCUT2D eigenvalue weighted by Crippen LogP contribution is -2.17. The molecule has 1 aliphatic rings. The van der Waals surface area contributed by atoms with Gasteiger partial charge in [0, 0.05) is 11.6 Å². The molecule has 1 saturated carbocycles. The highest BCUT2D eigenvalue weighted by Crippen LogP contribution is 2.38. The molecule has 1 nitrogen and oxygen atoms in total. The lowest BCUT2D eigenvalue weighted by molar-refractivity contribution is -0.274. The minimum Gasteiger partial charge on any atom is -0.406 e. The number of hydrogen-bond donors (Lipinski definition) is 0. The van der Waals surface area contributed by atoms with Crippen LogP contribution < -0.4 is 4.74 Å². The zero-order valence-electron chi connectivity index (χ0n) is 18.1. The summed E-state index contributed by atoms with van der Waals surface area (Å²) in [7, 11) is 0. The van der Waals surface area contributed by atoms with Crippen molar-refractivity contribution in [1.29, 1.82) is 0 Å². The van der Waals surface area contributed by atoms with E-state index in [1.807, 2.05) is 24.3 Å². The van der Waals surface area contributed by atoms with Crippen LogP contribution in [0.1, 0.15) is 54.7 Å². The summed E-state index contributed by atoms with van der Waals surface area (Å²) in [5.41, 5.74) is 2.08. The molecule has 4 rings (SSSR count). The van der Waals surface area contributed by atoms with Gasteiger partial charge in [-0.2, -0.15) is 0 Å². The molecule has 0 spiro atoms. The maximum absolute atomic E-state index is 14.2. The van der Waals surface area contributed by atoms with Crippen molar-refractivity contribution in [2.24, 2.45) is 5.92 Å². The summed E-state index contributed by atoms with van der Waals surface area (Å²) in [4.78, 5) is 0. The summed E-state index contributed by atoms with van der Waals surface area (Å²) in [5, 5.41) is 2.04. The first-order valence-electron chi connectivity index (χ1n) is 11.0. The summed E-state index contributed by atoms with van der Waals surface area (Å²) >= 11 is 0. The Morgan fingerprint density at radius 3 is 2.39 bits per heavy atom. The van der Waals surface area contributed by atoms with Crippen LogP contribution in [-0.2, 0) is 0 Å². The van der Waals surface area contributed by atoms with Crippen molar-refractivity contribution in [3.05, 3.63) is 89.8 Å². The first kappa shape index (κ1) is 22.9. The summed E-state index contributed by atoms with van der Waals surface area (Å²) in [6, 6.07) is 15.2. The quantitative estimate of drug-likeness (QED) is 0.221. The number of fused-ring (bicyclic) bond motifs is 1. The maximum atomic E-state index is 14.2. The van der Waals surface area contributed by atoms with Gasteiger partial charge in [-0.05, 0) is 78.5 Å². The van der Waals surface area contributed by atoms with E-state index in [0.29, 0.717) is 12.0 Å². The number of allylic oxidation sites excluding steroid dienone is 1. The molecule has 3 aromatic rings. The Bertz CT molecular complexity index is 1210. The second-order valence-corrected chi connectivity index (χ2v) is 8.47. The number of ether oxygens (including phenoxy) is 1. The van der Waals surface area contributed by atoms with Gasteiger partial charge in [-0.1, -0.05) is 48.2 Å². The van der Waals surface area contributed by atoms with Gasteiger partial charge in [-0.3, -0.25) is 0 Å².